The summed E-state index contributed by atoms with van der Waals surface area (Å²) in [4.78, 5) is 1.28. The van der Waals surface area contributed by atoms with E-state index < -0.39 is 0 Å². The molecule has 3 aromatic rings. The van der Waals surface area contributed by atoms with Crippen LogP contribution in [0.15, 0.2) is 53.9 Å². The van der Waals surface area contributed by atoms with E-state index in [1.165, 1.54) is 16.0 Å². The van der Waals surface area contributed by atoms with Crippen molar-refractivity contribution >= 4 is 11.3 Å². The van der Waals surface area contributed by atoms with Crippen molar-refractivity contribution in [2.24, 2.45) is 0 Å². The Hall–Kier alpha value is -2.06. The van der Waals surface area contributed by atoms with Crippen molar-refractivity contribution in [2.75, 3.05) is 7.11 Å². The molecule has 2 heteroatoms. The Morgan fingerprint density at radius 2 is 1.85 bits per heavy atom. The highest BCUT2D eigenvalue weighted by atomic mass is 32.1. The monoisotopic (exact) mass is 279 g/mol. The Bertz CT molecular complexity index is 697. The second-order valence-corrected chi connectivity index (χ2v) is 5.56. The Labute approximate surface area is 123 Å². The summed E-state index contributed by atoms with van der Waals surface area (Å²) >= 11 is 1.76. The molecule has 0 saturated carbocycles. The molecule has 0 N–H and O–H groups in total. The fourth-order valence-corrected chi connectivity index (χ4v) is 3.17. The fraction of sp³-hybridized carbons (Fsp3) is 0.111. The minimum atomic E-state index is 0.874. The first kappa shape index (κ1) is 12.9. The molecule has 0 saturated heterocycles. The van der Waals surface area contributed by atoms with Crippen LogP contribution in [0.3, 0.4) is 0 Å². The molecule has 1 heterocycles. The van der Waals surface area contributed by atoms with Crippen molar-refractivity contribution in [3.8, 4) is 27.3 Å². The topological polar surface area (TPSA) is 9.23 Å². The molecule has 1 aromatic heterocycles. The molecule has 0 aliphatic carbocycles. The molecule has 0 unspecified atom stereocenters. The summed E-state index contributed by atoms with van der Waals surface area (Å²) in [7, 11) is 1.69. The van der Waals surface area contributed by atoms with E-state index in [-0.39, 0.29) is 0 Å². The van der Waals surface area contributed by atoms with Gasteiger partial charge in [-0.1, -0.05) is 30.3 Å². The standard InChI is InChI=1S/C18H15OS/c1-13-5-3-6-16(18(13)17-7-4-12-20-17)14-8-10-15(19-2)11-9-14/h3-5,7-12H,1-2H3. The van der Waals surface area contributed by atoms with Gasteiger partial charge in [-0.15, -0.1) is 11.3 Å². The largest absolute Gasteiger partial charge is 0.497 e. The molecule has 0 aliphatic rings. The highest BCUT2D eigenvalue weighted by Gasteiger charge is 2.11. The summed E-state index contributed by atoms with van der Waals surface area (Å²) in [5.41, 5.74) is 4.86. The normalized spacial score (nSPS) is 10.5. The molecule has 1 radical (unpaired) electrons. The lowest BCUT2D eigenvalue weighted by Crippen LogP contribution is -1.88. The smallest absolute Gasteiger partial charge is 0.118 e. The maximum atomic E-state index is 5.22. The van der Waals surface area contributed by atoms with Crippen molar-refractivity contribution in [1.82, 2.24) is 0 Å². The van der Waals surface area contributed by atoms with Gasteiger partial charge in [0.1, 0.15) is 5.75 Å². The van der Waals surface area contributed by atoms with Gasteiger partial charge in [-0.2, -0.15) is 0 Å². The van der Waals surface area contributed by atoms with E-state index in [0.717, 1.165) is 16.9 Å². The molecule has 99 valence electrons. The Morgan fingerprint density at radius 3 is 2.50 bits per heavy atom. The van der Waals surface area contributed by atoms with Gasteiger partial charge >= 0.3 is 0 Å². The summed E-state index contributed by atoms with van der Waals surface area (Å²) in [6.07, 6.45) is 0. The molecule has 0 fully saturated rings. The first-order valence-electron chi connectivity index (χ1n) is 6.49. The van der Waals surface area contributed by atoms with Gasteiger partial charge in [0.2, 0.25) is 0 Å². The SMILES string of the molecule is COc1ccc(-c2[c]ccc(C)c2-c2cccs2)cc1. The fourth-order valence-electron chi connectivity index (χ4n) is 2.33. The van der Waals surface area contributed by atoms with Gasteiger partial charge in [0.05, 0.1) is 7.11 Å². The number of hydrogen-bond donors (Lipinski definition) is 0. The number of methoxy groups -OCH3 is 1. The molecular formula is C18H15OS. The number of aryl methyl sites for hydroxylation is 1. The van der Waals surface area contributed by atoms with Crippen LogP contribution in [0.1, 0.15) is 5.56 Å². The summed E-state index contributed by atoms with van der Waals surface area (Å²) in [6, 6.07) is 19.9. The van der Waals surface area contributed by atoms with Crippen LogP contribution in [-0.2, 0) is 0 Å². The van der Waals surface area contributed by atoms with Gasteiger partial charge in [0.25, 0.3) is 0 Å². The predicted octanol–water partition coefficient (Wildman–Crippen LogP) is 5.20. The van der Waals surface area contributed by atoms with Crippen LogP contribution in [0, 0.1) is 13.0 Å². The Morgan fingerprint density at radius 1 is 1.05 bits per heavy atom. The lowest BCUT2D eigenvalue weighted by Gasteiger charge is -2.11. The minimum Gasteiger partial charge on any atom is -0.497 e. The van der Waals surface area contributed by atoms with E-state index in [9.17, 15) is 0 Å². The van der Waals surface area contributed by atoms with Crippen LogP contribution in [0.2, 0.25) is 0 Å². The summed E-state index contributed by atoms with van der Waals surface area (Å²) in [5, 5.41) is 2.11. The van der Waals surface area contributed by atoms with E-state index >= 15 is 0 Å². The average Bonchev–Trinajstić information content (AvgIpc) is 3.01. The summed E-state index contributed by atoms with van der Waals surface area (Å²) in [6.45, 7) is 2.15. The van der Waals surface area contributed by atoms with Gasteiger partial charge < -0.3 is 4.74 Å². The molecule has 0 bridgehead atoms. The van der Waals surface area contributed by atoms with Crippen molar-refractivity contribution < 1.29 is 4.74 Å². The van der Waals surface area contributed by atoms with Crippen LogP contribution < -0.4 is 4.74 Å². The molecule has 0 atom stereocenters. The number of benzene rings is 2. The number of ether oxygens (including phenoxy) is 1. The Balaban J connectivity index is 2.16. The molecule has 0 aliphatic heterocycles. The predicted molar refractivity (Wildman–Crippen MR) is 85.3 cm³/mol. The number of hydrogen-bond acceptors (Lipinski definition) is 2. The van der Waals surface area contributed by atoms with E-state index in [1.54, 1.807) is 18.4 Å². The molecule has 1 nitrogen and oxygen atoms in total. The third-order valence-electron chi connectivity index (χ3n) is 3.35. The quantitative estimate of drug-likeness (QED) is 0.640. The third kappa shape index (κ3) is 2.35. The zero-order chi connectivity index (χ0) is 13.9. The van der Waals surface area contributed by atoms with E-state index in [1.807, 2.05) is 18.2 Å². The van der Waals surface area contributed by atoms with Crippen LogP contribution in [-0.4, -0.2) is 7.11 Å². The molecular weight excluding hydrogens is 264 g/mol. The van der Waals surface area contributed by atoms with Crippen molar-refractivity contribution in [3.05, 3.63) is 65.5 Å². The summed E-state index contributed by atoms with van der Waals surface area (Å²) in [5.74, 6) is 0.874. The van der Waals surface area contributed by atoms with Crippen molar-refractivity contribution in [3.63, 3.8) is 0 Å². The number of thiophene rings is 1. The lowest BCUT2D eigenvalue weighted by molar-refractivity contribution is 0.415. The van der Waals surface area contributed by atoms with Gasteiger partial charge in [-0.05, 0) is 53.3 Å². The van der Waals surface area contributed by atoms with Crippen LogP contribution in [0.4, 0.5) is 0 Å². The van der Waals surface area contributed by atoms with E-state index in [4.69, 9.17) is 4.74 Å². The van der Waals surface area contributed by atoms with Gasteiger partial charge in [-0.3, -0.25) is 0 Å². The second kappa shape index (κ2) is 5.51. The summed E-state index contributed by atoms with van der Waals surface area (Å²) < 4.78 is 5.22. The van der Waals surface area contributed by atoms with Crippen molar-refractivity contribution in [2.45, 2.75) is 6.92 Å². The van der Waals surface area contributed by atoms with Gasteiger partial charge in [0.15, 0.2) is 0 Å². The first-order valence-corrected chi connectivity index (χ1v) is 7.37. The third-order valence-corrected chi connectivity index (χ3v) is 4.24. The maximum absolute atomic E-state index is 5.22. The molecule has 3 rings (SSSR count). The van der Waals surface area contributed by atoms with E-state index in [2.05, 4.69) is 48.7 Å². The lowest BCUT2D eigenvalue weighted by atomic mass is 9.95. The molecule has 20 heavy (non-hydrogen) atoms. The zero-order valence-corrected chi connectivity index (χ0v) is 12.3. The van der Waals surface area contributed by atoms with Gasteiger partial charge in [-0.25, -0.2) is 0 Å². The molecule has 0 amide bonds. The van der Waals surface area contributed by atoms with Crippen LogP contribution in [0.25, 0.3) is 21.6 Å². The average molecular weight is 279 g/mol. The second-order valence-electron chi connectivity index (χ2n) is 4.62. The molecule has 2 aromatic carbocycles. The van der Waals surface area contributed by atoms with Crippen LogP contribution >= 0.6 is 11.3 Å². The molecule has 0 spiro atoms. The maximum Gasteiger partial charge on any atom is 0.118 e. The van der Waals surface area contributed by atoms with Crippen LogP contribution in [0.5, 0.6) is 5.75 Å². The first-order chi connectivity index (χ1) is 9.79. The highest BCUT2D eigenvalue weighted by Crippen LogP contribution is 2.37. The Kier molecular flexibility index (Phi) is 3.57. The van der Waals surface area contributed by atoms with E-state index in [0.29, 0.717) is 0 Å². The van der Waals surface area contributed by atoms with Gasteiger partial charge in [0, 0.05) is 10.4 Å². The minimum absolute atomic E-state index is 0.874. The zero-order valence-electron chi connectivity index (χ0n) is 11.5. The highest BCUT2D eigenvalue weighted by molar-refractivity contribution is 7.13. The van der Waals surface area contributed by atoms with Crippen molar-refractivity contribution in [1.29, 1.82) is 0 Å². The number of rotatable bonds is 3.